The van der Waals surface area contributed by atoms with Gasteiger partial charge in [-0.1, -0.05) is 12.1 Å². The number of aryl methyl sites for hydroxylation is 2. The topological polar surface area (TPSA) is 192 Å². The number of methoxy groups -OCH3 is 2. The van der Waals surface area contributed by atoms with Crippen molar-refractivity contribution >= 4 is 39.5 Å². The van der Waals surface area contributed by atoms with Crippen LogP contribution in [0.25, 0.3) is 21.8 Å². The Balaban J connectivity index is 0.000000203. The Kier molecular flexibility index (Phi) is 13.3. The third-order valence-electron chi connectivity index (χ3n) is 9.50. The summed E-state index contributed by atoms with van der Waals surface area (Å²) in [5, 5.41) is 6.88. The maximum Gasteiger partial charge on any atom is 0.258 e. The molecule has 0 aliphatic carbocycles. The van der Waals surface area contributed by atoms with Gasteiger partial charge in [-0.2, -0.15) is 0 Å². The van der Waals surface area contributed by atoms with E-state index in [1.165, 1.54) is 7.11 Å². The smallest absolute Gasteiger partial charge is 0.258 e. The number of fused-ring (bicyclic) bond motifs is 2. The van der Waals surface area contributed by atoms with Crippen molar-refractivity contribution in [3.8, 4) is 11.5 Å². The van der Waals surface area contributed by atoms with Crippen LogP contribution < -0.4 is 31.2 Å². The summed E-state index contributed by atoms with van der Waals surface area (Å²) < 4.78 is 10.6. The Hall–Kier alpha value is -5.31. The van der Waals surface area contributed by atoms with Gasteiger partial charge in [-0.15, -0.1) is 0 Å². The lowest BCUT2D eigenvalue weighted by Gasteiger charge is -2.31. The highest BCUT2D eigenvalue weighted by Gasteiger charge is 2.24. The van der Waals surface area contributed by atoms with Gasteiger partial charge in [-0.3, -0.25) is 24.0 Å². The number of benzene rings is 2. The molecule has 2 aliphatic heterocycles. The van der Waals surface area contributed by atoms with Gasteiger partial charge in [0.1, 0.15) is 34.2 Å². The standard InChI is InChI=1S/C20H26N4O4.C17H22N4O3/c1-21-17(25)12-13-8-10-24(11-9-13)18(26)7-6-16-22-19-14(20(27)23-16)4-3-5-15(19)28-2;1-24-13-5-2-4-12-16(13)19-14(20-17(12)23)6-7-15(22)21-10-3-8-18-9-11-21/h3-5,13H,6-12H2,1-2H3,(H,21,25)(H,22,23,27);2,4-5,18H,3,6-11H2,1H3,(H,19,20,23). The fourth-order valence-corrected chi connectivity index (χ4v) is 6.54. The lowest BCUT2D eigenvalue weighted by atomic mass is 9.93. The predicted octanol–water partition coefficient (Wildman–Crippen LogP) is 1.93. The molecule has 0 atom stereocenters. The number of carbonyl (C=O) groups is 3. The Morgan fingerprint density at radius 2 is 1.29 bits per heavy atom. The quantitative estimate of drug-likeness (QED) is 0.189. The average molecular weight is 717 g/mol. The van der Waals surface area contributed by atoms with Crippen LogP contribution in [0.3, 0.4) is 0 Å². The van der Waals surface area contributed by atoms with E-state index in [-0.39, 0.29) is 35.3 Å². The number of aromatic amines is 2. The third-order valence-corrected chi connectivity index (χ3v) is 9.50. The molecule has 0 bridgehead atoms. The number of nitrogens with zero attached hydrogens (tertiary/aromatic N) is 4. The van der Waals surface area contributed by atoms with Gasteiger partial charge < -0.3 is 39.9 Å². The number of rotatable bonds is 10. The molecular weight excluding hydrogens is 668 g/mol. The minimum Gasteiger partial charge on any atom is -0.494 e. The summed E-state index contributed by atoms with van der Waals surface area (Å²) in [4.78, 5) is 79.0. The molecule has 52 heavy (non-hydrogen) atoms. The first-order valence-electron chi connectivity index (χ1n) is 17.8. The number of para-hydroxylation sites is 2. The number of H-pyrrole nitrogens is 2. The lowest BCUT2D eigenvalue weighted by molar-refractivity contribution is -0.133. The van der Waals surface area contributed by atoms with Gasteiger partial charge in [-0.05, 0) is 56.0 Å². The first kappa shape index (κ1) is 37.9. The lowest BCUT2D eigenvalue weighted by Crippen LogP contribution is -2.39. The number of hydrogen-bond acceptors (Lipinski definition) is 10. The highest BCUT2D eigenvalue weighted by atomic mass is 16.5. The van der Waals surface area contributed by atoms with Gasteiger partial charge in [0, 0.05) is 71.9 Å². The second-order valence-electron chi connectivity index (χ2n) is 12.9. The van der Waals surface area contributed by atoms with E-state index in [1.54, 1.807) is 50.6 Å². The van der Waals surface area contributed by atoms with E-state index < -0.39 is 0 Å². The summed E-state index contributed by atoms with van der Waals surface area (Å²) in [6, 6.07) is 10.4. The Bertz CT molecular complexity index is 1980. The fraction of sp³-hybridized carbons (Fsp3) is 0.486. The van der Waals surface area contributed by atoms with E-state index in [0.29, 0.717) is 89.6 Å². The number of nitrogens with one attached hydrogen (secondary N) is 4. The van der Waals surface area contributed by atoms with E-state index in [9.17, 15) is 24.0 Å². The van der Waals surface area contributed by atoms with E-state index in [0.717, 1.165) is 45.4 Å². The van der Waals surface area contributed by atoms with Crippen LogP contribution in [0.2, 0.25) is 0 Å². The molecule has 4 heterocycles. The number of piperidine rings is 1. The summed E-state index contributed by atoms with van der Waals surface area (Å²) in [6.07, 6.45) is 4.54. The number of hydrogen-bond donors (Lipinski definition) is 4. The van der Waals surface area contributed by atoms with Crippen LogP contribution >= 0.6 is 0 Å². The van der Waals surface area contributed by atoms with E-state index in [2.05, 4.69) is 30.6 Å². The second-order valence-corrected chi connectivity index (χ2v) is 12.9. The van der Waals surface area contributed by atoms with Crippen LogP contribution in [0.5, 0.6) is 11.5 Å². The largest absolute Gasteiger partial charge is 0.494 e. The van der Waals surface area contributed by atoms with Crippen LogP contribution in [-0.4, -0.2) is 108 Å². The van der Waals surface area contributed by atoms with Crippen LogP contribution in [-0.2, 0) is 27.2 Å². The van der Waals surface area contributed by atoms with Crippen molar-refractivity contribution in [1.29, 1.82) is 0 Å². The van der Waals surface area contributed by atoms with Crippen molar-refractivity contribution in [2.75, 3.05) is 60.5 Å². The molecule has 3 amide bonds. The van der Waals surface area contributed by atoms with Crippen molar-refractivity contribution in [3.05, 3.63) is 68.8 Å². The van der Waals surface area contributed by atoms with Gasteiger partial charge in [-0.25, -0.2) is 9.97 Å². The van der Waals surface area contributed by atoms with Gasteiger partial charge in [0.2, 0.25) is 17.7 Å². The van der Waals surface area contributed by atoms with Gasteiger partial charge >= 0.3 is 0 Å². The third kappa shape index (κ3) is 9.72. The molecule has 2 saturated heterocycles. The first-order chi connectivity index (χ1) is 25.2. The van der Waals surface area contributed by atoms with Gasteiger partial charge in [0.25, 0.3) is 11.1 Å². The van der Waals surface area contributed by atoms with E-state index in [1.807, 2.05) is 9.80 Å². The Labute approximate surface area is 301 Å². The highest BCUT2D eigenvalue weighted by molar-refractivity contribution is 5.84. The summed E-state index contributed by atoms with van der Waals surface area (Å²) in [6.45, 7) is 4.61. The number of aromatic nitrogens is 4. The molecule has 278 valence electrons. The van der Waals surface area contributed by atoms with E-state index >= 15 is 0 Å². The summed E-state index contributed by atoms with van der Waals surface area (Å²) in [5.74, 6) is 2.60. The maximum absolute atomic E-state index is 12.5. The Morgan fingerprint density at radius 1 is 0.769 bits per heavy atom. The van der Waals surface area contributed by atoms with Crippen LogP contribution in [0.4, 0.5) is 0 Å². The molecule has 0 unspecified atom stereocenters. The Morgan fingerprint density at radius 3 is 1.79 bits per heavy atom. The molecule has 0 saturated carbocycles. The summed E-state index contributed by atoms with van der Waals surface area (Å²) in [7, 11) is 4.73. The van der Waals surface area contributed by atoms with Gasteiger partial charge in [0.05, 0.1) is 25.0 Å². The number of carbonyl (C=O) groups excluding carboxylic acids is 3. The minimum atomic E-state index is -0.235. The van der Waals surface area contributed by atoms with Crippen molar-refractivity contribution in [2.45, 2.75) is 51.4 Å². The molecule has 4 N–H and O–H groups in total. The number of ether oxygens (including phenoxy) is 2. The van der Waals surface area contributed by atoms with Crippen LogP contribution in [0.15, 0.2) is 46.0 Å². The summed E-state index contributed by atoms with van der Waals surface area (Å²) in [5.41, 5.74) is 0.595. The number of amides is 3. The molecule has 15 nitrogen and oxygen atoms in total. The van der Waals surface area contributed by atoms with Crippen LogP contribution in [0, 0.1) is 5.92 Å². The monoisotopic (exact) mass is 716 g/mol. The molecule has 2 aliphatic rings. The fourth-order valence-electron chi connectivity index (χ4n) is 6.54. The zero-order valence-corrected chi connectivity index (χ0v) is 30.1. The average Bonchev–Trinajstić information content (AvgIpc) is 3.46. The molecule has 2 aromatic heterocycles. The maximum atomic E-state index is 12.5. The zero-order chi connectivity index (χ0) is 37.0. The molecule has 6 rings (SSSR count). The molecule has 4 aromatic rings. The second kappa shape index (κ2) is 18.3. The molecule has 0 spiro atoms. The zero-order valence-electron chi connectivity index (χ0n) is 30.1. The molecule has 0 radical (unpaired) electrons. The first-order valence-corrected chi connectivity index (χ1v) is 17.8. The predicted molar refractivity (Wildman–Crippen MR) is 197 cm³/mol. The van der Waals surface area contributed by atoms with E-state index in [4.69, 9.17) is 9.47 Å². The number of likely N-dealkylation sites (tertiary alicyclic amines) is 1. The van der Waals surface area contributed by atoms with Crippen molar-refractivity contribution < 1.29 is 23.9 Å². The van der Waals surface area contributed by atoms with Crippen LogP contribution in [0.1, 0.15) is 50.2 Å². The normalized spacial score (nSPS) is 15.1. The highest BCUT2D eigenvalue weighted by Crippen LogP contribution is 2.23. The SMILES string of the molecule is CNC(=O)CC1CCN(C(=O)CCc2nc3c(OC)cccc3c(=O)[nH]2)CC1.COc1cccc2c(=O)[nH]c(CCC(=O)N3CCCNCC3)nc12. The minimum absolute atomic E-state index is 0.0427. The van der Waals surface area contributed by atoms with Crippen molar-refractivity contribution in [1.82, 2.24) is 40.4 Å². The van der Waals surface area contributed by atoms with Gasteiger partial charge in [0.15, 0.2) is 0 Å². The molecule has 15 heteroatoms. The summed E-state index contributed by atoms with van der Waals surface area (Å²) >= 11 is 0. The molecule has 2 fully saturated rings. The molecule has 2 aromatic carbocycles. The van der Waals surface area contributed by atoms with Crippen molar-refractivity contribution in [3.63, 3.8) is 0 Å². The van der Waals surface area contributed by atoms with Crippen molar-refractivity contribution in [2.24, 2.45) is 5.92 Å². The molecular formula is C37H48N8O7.